The van der Waals surface area contributed by atoms with Crippen molar-refractivity contribution in [3.63, 3.8) is 0 Å². The van der Waals surface area contributed by atoms with Gasteiger partial charge in [0.25, 0.3) is 0 Å². The van der Waals surface area contributed by atoms with E-state index in [2.05, 4.69) is 84.9 Å². The van der Waals surface area contributed by atoms with Gasteiger partial charge in [0.1, 0.15) is 6.10 Å². The second kappa shape index (κ2) is 28.5. The van der Waals surface area contributed by atoms with Crippen LogP contribution in [0.5, 0.6) is 0 Å². The van der Waals surface area contributed by atoms with Crippen molar-refractivity contribution in [3.8, 4) is 0 Å². The minimum absolute atomic E-state index is 0.257. The summed E-state index contributed by atoms with van der Waals surface area (Å²) in [4.78, 5) is 12.6. The summed E-state index contributed by atoms with van der Waals surface area (Å²) in [7, 11) is 0. The molecule has 42 heavy (non-hydrogen) atoms. The van der Waals surface area contributed by atoms with Crippen molar-refractivity contribution >= 4 is 5.97 Å². The normalized spacial score (nSPS) is 13.5. The molecule has 0 aliphatic rings. The zero-order valence-electron chi connectivity index (χ0n) is 28.4. The second-order valence-corrected chi connectivity index (χ2v) is 12.1. The first kappa shape index (κ1) is 39.4. The zero-order chi connectivity index (χ0) is 31.3. The Morgan fingerprint density at radius 3 is 1.71 bits per heavy atom. The Labute approximate surface area is 261 Å². The number of hydrogen-bond donors (Lipinski definition) is 0. The standard InChI is InChI=1S/C40H64O2/c1-8-9-10-11-12-13-14-15-16-17-18-19-20-21-22-23-24-31-40(41)42-39(34-38(7)30-26-28-36(4)5)33-32-37(6)29-25-27-35(2)3/h18-24,27-28,31-32,34,39H,8-17,25-26,29-30,33H2,1-7H3/b19-18?,21-20?,23-22?,31-24?,37-32+,38-34+. The van der Waals surface area contributed by atoms with E-state index in [0.717, 1.165) is 32.1 Å². The first-order chi connectivity index (χ1) is 20.2. The van der Waals surface area contributed by atoms with Gasteiger partial charge >= 0.3 is 5.97 Å². The monoisotopic (exact) mass is 576 g/mol. The molecule has 0 amide bonds. The molecule has 1 atom stereocenters. The van der Waals surface area contributed by atoms with E-state index in [1.54, 1.807) is 6.08 Å². The number of allylic oxidation sites excluding steroid dienone is 13. The maximum atomic E-state index is 12.6. The molecule has 0 bridgehead atoms. The minimum atomic E-state index is -0.307. The zero-order valence-corrected chi connectivity index (χ0v) is 28.4. The summed E-state index contributed by atoms with van der Waals surface area (Å²) in [5.74, 6) is -0.307. The van der Waals surface area contributed by atoms with Crippen LogP contribution in [0.15, 0.2) is 95.2 Å². The maximum absolute atomic E-state index is 12.6. The SMILES string of the molecule is CCCCCCCCCCCC=CC=CC=CC=CC(=O)OC(/C=C(\C)CCC=C(C)C)C/C=C(\C)CCC=C(C)C. The lowest BCUT2D eigenvalue weighted by Crippen LogP contribution is -2.14. The van der Waals surface area contributed by atoms with Crippen molar-refractivity contribution in [2.24, 2.45) is 0 Å². The lowest BCUT2D eigenvalue weighted by Gasteiger charge is -2.14. The van der Waals surface area contributed by atoms with Crippen LogP contribution in [-0.4, -0.2) is 12.1 Å². The van der Waals surface area contributed by atoms with E-state index in [9.17, 15) is 4.79 Å². The molecule has 0 aliphatic carbocycles. The Balaban J connectivity index is 4.61. The highest BCUT2D eigenvalue weighted by Crippen LogP contribution is 2.15. The molecule has 0 aliphatic heterocycles. The van der Waals surface area contributed by atoms with Crippen LogP contribution in [-0.2, 0) is 9.53 Å². The van der Waals surface area contributed by atoms with Gasteiger partial charge in [-0.15, -0.1) is 0 Å². The van der Waals surface area contributed by atoms with Gasteiger partial charge in [-0.3, -0.25) is 0 Å². The molecule has 0 spiro atoms. The smallest absolute Gasteiger partial charge is 0.331 e. The largest absolute Gasteiger partial charge is 0.455 e. The van der Waals surface area contributed by atoms with Crippen LogP contribution >= 0.6 is 0 Å². The van der Waals surface area contributed by atoms with Crippen LogP contribution < -0.4 is 0 Å². The summed E-state index contributed by atoms with van der Waals surface area (Å²) in [6, 6.07) is 0. The lowest BCUT2D eigenvalue weighted by atomic mass is 10.0. The minimum Gasteiger partial charge on any atom is -0.455 e. The van der Waals surface area contributed by atoms with E-state index in [-0.39, 0.29) is 12.1 Å². The summed E-state index contributed by atoms with van der Waals surface area (Å²) in [5, 5.41) is 0. The van der Waals surface area contributed by atoms with E-state index < -0.39 is 0 Å². The van der Waals surface area contributed by atoms with Gasteiger partial charge in [-0.25, -0.2) is 4.79 Å². The molecule has 2 heteroatoms. The molecule has 0 aromatic rings. The van der Waals surface area contributed by atoms with Crippen molar-refractivity contribution in [2.45, 2.75) is 151 Å². The fraction of sp³-hybridized carbons (Fsp3) is 0.575. The highest BCUT2D eigenvalue weighted by molar-refractivity contribution is 5.82. The predicted octanol–water partition coefficient (Wildman–Crippen LogP) is 12.8. The number of carbonyl (C=O) groups excluding carboxylic acids is 1. The molecule has 0 fully saturated rings. The number of ether oxygens (including phenoxy) is 1. The van der Waals surface area contributed by atoms with Gasteiger partial charge in [0, 0.05) is 12.5 Å². The van der Waals surface area contributed by atoms with E-state index in [1.807, 2.05) is 24.3 Å². The third kappa shape index (κ3) is 28.9. The molecule has 0 rings (SSSR count). The molecule has 236 valence electrons. The van der Waals surface area contributed by atoms with Crippen LogP contribution in [0.1, 0.15) is 145 Å². The van der Waals surface area contributed by atoms with Gasteiger partial charge < -0.3 is 4.74 Å². The summed E-state index contributed by atoms with van der Waals surface area (Å²) < 4.78 is 5.83. The van der Waals surface area contributed by atoms with Gasteiger partial charge in [-0.2, -0.15) is 0 Å². The summed E-state index contributed by atoms with van der Waals surface area (Å²) in [6.45, 7) is 15.1. The van der Waals surface area contributed by atoms with Crippen molar-refractivity contribution in [2.75, 3.05) is 0 Å². The van der Waals surface area contributed by atoms with Crippen molar-refractivity contribution in [1.29, 1.82) is 0 Å². The number of rotatable bonds is 24. The first-order valence-electron chi connectivity index (χ1n) is 16.7. The summed E-state index contributed by atoms with van der Waals surface area (Å²) in [5.41, 5.74) is 5.26. The van der Waals surface area contributed by atoms with E-state index >= 15 is 0 Å². The Morgan fingerprint density at radius 2 is 1.12 bits per heavy atom. The molecule has 0 N–H and O–H groups in total. The van der Waals surface area contributed by atoms with Crippen LogP contribution in [0.3, 0.4) is 0 Å². The predicted molar refractivity (Wildman–Crippen MR) is 188 cm³/mol. The van der Waals surface area contributed by atoms with Crippen LogP contribution in [0.25, 0.3) is 0 Å². The third-order valence-electron chi connectivity index (χ3n) is 7.02. The van der Waals surface area contributed by atoms with Crippen molar-refractivity contribution in [3.05, 3.63) is 95.2 Å². The average Bonchev–Trinajstić information content (AvgIpc) is 2.93. The molecule has 0 heterocycles. The Morgan fingerprint density at radius 1 is 0.595 bits per heavy atom. The van der Waals surface area contributed by atoms with E-state index in [0.29, 0.717) is 6.42 Å². The number of unbranched alkanes of at least 4 members (excludes halogenated alkanes) is 9. The average molecular weight is 577 g/mol. The molecule has 1 unspecified atom stereocenters. The maximum Gasteiger partial charge on any atom is 0.331 e. The summed E-state index contributed by atoms with van der Waals surface area (Å²) >= 11 is 0. The highest BCUT2D eigenvalue weighted by Gasteiger charge is 2.09. The molecular formula is C40H64O2. The van der Waals surface area contributed by atoms with E-state index in [4.69, 9.17) is 4.74 Å². The number of esters is 1. The lowest BCUT2D eigenvalue weighted by molar-refractivity contribution is -0.140. The molecule has 2 nitrogen and oxygen atoms in total. The van der Waals surface area contributed by atoms with Crippen molar-refractivity contribution in [1.82, 2.24) is 0 Å². The van der Waals surface area contributed by atoms with Gasteiger partial charge in [0.05, 0.1) is 0 Å². The molecule has 0 aromatic heterocycles. The molecular weight excluding hydrogens is 512 g/mol. The topological polar surface area (TPSA) is 26.3 Å². The molecule has 0 saturated carbocycles. The molecule has 0 radical (unpaired) electrons. The fourth-order valence-corrected chi connectivity index (χ4v) is 4.47. The Kier molecular flexibility index (Phi) is 26.7. The number of hydrogen-bond acceptors (Lipinski definition) is 2. The summed E-state index contributed by atoms with van der Waals surface area (Å²) in [6.07, 6.45) is 42.3. The first-order valence-corrected chi connectivity index (χ1v) is 16.7. The van der Waals surface area contributed by atoms with Crippen molar-refractivity contribution < 1.29 is 9.53 Å². The van der Waals surface area contributed by atoms with Crippen LogP contribution in [0.4, 0.5) is 0 Å². The highest BCUT2D eigenvalue weighted by atomic mass is 16.5. The van der Waals surface area contributed by atoms with Gasteiger partial charge in [0.2, 0.25) is 0 Å². The van der Waals surface area contributed by atoms with Gasteiger partial charge in [-0.05, 0) is 86.1 Å². The number of carbonyl (C=O) groups is 1. The second-order valence-electron chi connectivity index (χ2n) is 12.1. The molecule has 0 saturated heterocycles. The van der Waals surface area contributed by atoms with Crippen LogP contribution in [0, 0.1) is 0 Å². The Hall–Kier alpha value is -2.61. The third-order valence-corrected chi connectivity index (χ3v) is 7.02. The van der Waals surface area contributed by atoms with E-state index in [1.165, 1.54) is 86.2 Å². The van der Waals surface area contributed by atoms with Crippen LogP contribution in [0.2, 0.25) is 0 Å². The Bertz CT molecular complexity index is 925. The fourth-order valence-electron chi connectivity index (χ4n) is 4.47. The quantitative estimate of drug-likeness (QED) is 0.0375. The van der Waals surface area contributed by atoms with Gasteiger partial charge in [0.15, 0.2) is 0 Å². The van der Waals surface area contributed by atoms with Gasteiger partial charge in [-0.1, -0.05) is 141 Å². The molecule has 0 aromatic carbocycles.